The second-order valence-electron chi connectivity index (χ2n) is 8.47. The summed E-state index contributed by atoms with van der Waals surface area (Å²) in [5.41, 5.74) is 0.717. The number of quaternary nitrogens is 1. The van der Waals surface area contributed by atoms with Crippen LogP contribution in [-0.2, 0) is 5.60 Å². The fourth-order valence-electron chi connectivity index (χ4n) is 5.77. The van der Waals surface area contributed by atoms with Crippen molar-refractivity contribution in [1.29, 1.82) is 0 Å². The molecule has 1 aromatic carbocycles. The molecule has 0 heterocycles. The lowest BCUT2D eigenvalue weighted by molar-refractivity contribution is -0.748. The second-order valence-corrected chi connectivity index (χ2v) is 9.38. The van der Waals surface area contributed by atoms with E-state index in [4.69, 9.17) is 0 Å². The zero-order chi connectivity index (χ0) is 15.4. The van der Waals surface area contributed by atoms with Crippen molar-refractivity contribution in [3.05, 3.63) is 34.3 Å². The Kier molecular flexibility index (Phi) is 3.67. The molecule has 0 aliphatic heterocycles. The van der Waals surface area contributed by atoms with Crippen LogP contribution >= 0.6 is 15.9 Å². The largest absolute Gasteiger partial charge is 0.380 e. The topological polar surface area (TPSA) is 36.8 Å². The van der Waals surface area contributed by atoms with Crippen molar-refractivity contribution in [1.82, 2.24) is 0 Å². The third-order valence-electron chi connectivity index (χ3n) is 6.48. The first-order valence-corrected chi connectivity index (χ1v) is 9.56. The number of benzene rings is 1. The summed E-state index contributed by atoms with van der Waals surface area (Å²) >= 11 is 3.47. The van der Waals surface area contributed by atoms with E-state index in [0.717, 1.165) is 34.3 Å². The highest BCUT2D eigenvalue weighted by molar-refractivity contribution is 9.10. The highest BCUT2D eigenvalue weighted by Crippen LogP contribution is 2.54. The zero-order valence-corrected chi connectivity index (χ0v) is 15.0. The first-order chi connectivity index (χ1) is 10.4. The number of halogens is 1. The molecule has 2 nitrogen and oxygen atoms in total. The third kappa shape index (κ3) is 2.76. The summed E-state index contributed by atoms with van der Waals surface area (Å²) < 4.78 is 1.07. The van der Waals surface area contributed by atoms with E-state index in [1.807, 2.05) is 31.2 Å². The first-order valence-electron chi connectivity index (χ1n) is 8.77. The number of nitrogens with two attached hydrogens (primary N) is 1. The molecule has 0 radical (unpaired) electrons. The van der Waals surface area contributed by atoms with E-state index in [1.54, 1.807) is 0 Å². The van der Waals surface area contributed by atoms with E-state index in [-0.39, 0.29) is 0 Å². The second kappa shape index (κ2) is 5.32. The maximum absolute atomic E-state index is 10.9. The minimum Gasteiger partial charge on any atom is -0.380 e. The van der Waals surface area contributed by atoms with Crippen LogP contribution in [0.5, 0.6) is 0 Å². The zero-order valence-electron chi connectivity index (χ0n) is 13.4. The van der Waals surface area contributed by atoms with Gasteiger partial charge in [0.2, 0.25) is 0 Å². The molecule has 0 aromatic heterocycles. The van der Waals surface area contributed by atoms with Crippen LogP contribution in [0.3, 0.4) is 0 Å². The van der Waals surface area contributed by atoms with Gasteiger partial charge < -0.3 is 10.4 Å². The van der Waals surface area contributed by atoms with Crippen molar-refractivity contribution in [2.45, 2.75) is 56.6 Å². The molecule has 1 aromatic rings. The van der Waals surface area contributed by atoms with Gasteiger partial charge in [-0.05, 0) is 61.6 Å². The molecule has 4 aliphatic carbocycles. The lowest BCUT2D eigenvalue weighted by Crippen LogP contribution is -3.00. The van der Waals surface area contributed by atoms with Gasteiger partial charge in [0.05, 0.1) is 5.54 Å². The van der Waals surface area contributed by atoms with E-state index < -0.39 is 5.60 Å². The molecule has 1 unspecified atom stereocenters. The SMILES string of the molecule is CC(O)(C[NH2+]C12CC3CC(CC(C3)C1)C2)c1ccc(Br)cc1. The van der Waals surface area contributed by atoms with Crippen molar-refractivity contribution < 1.29 is 10.4 Å². The number of aliphatic hydroxyl groups is 1. The van der Waals surface area contributed by atoms with Crippen LogP contribution in [0.25, 0.3) is 0 Å². The van der Waals surface area contributed by atoms with Crippen LogP contribution in [0.1, 0.15) is 51.0 Å². The van der Waals surface area contributed by atoms with Crippen molar-refractivity contribution in [3.8, 4) is 0 Å². The Bertz CT molecular complexity index is 516. The minimum absolute atomic E-state index is 0.439. The first kappa shape index (κ1) is 15.2. The number of rotatable bonds is 4. The van der Waals surface area contributed by atoms with Crippen molar-refractivity contribution in [2.75, 3.05) is 6.54 Å². The summed E-state index contributed by atoms with van der Waals surface area (Å²) in [4.78, 5) is 0. The van der Waals surface area contributed by atoms with Gasteiger partial charge in [0, 0.05) is 23.7 Å². The molecule has 0 saturated heterocycles. The highest BCUT2D eigenvalue weighted by atomic mass is 79.9. The van der Waals surface area contributed by atoms with E-state index >= 15 is 0 Å². The summed E-state index contributed by atoms with van der Waals surface area (Å²) in [6, 6.07) is 8.12. The van der Waals surface area contributed by atoms with Gasteiger partial charge in [-0.1, -0.05) is 28.1 Å². The summed E-state index contributed by atoms with van der Waals surface area (Å²) in [6.07, 6.45) is 8.60. The standard InChI is InChI=1S/C19H26BrNO/c1-18(22,16-2-4-17(20)5-3-16)12-21-19-9-13-6-14(10-19)8-15(7-13)11-19/h2-5,13-15,21-22H,6-12H2,1H3/p+1. The maximum Gasteiger partial charge on any atom is 0.135 e. The predicted octanol–water partition coefficient (Wildman–Crippen LogP) is 3.19. The molecule has 4 bridgehead atoms. The highest BCUT2D eigenvalue weighted by Gasteiger charge is 2.53. The molecule has 4 aliphatic rings. The minimum atomic E-state index is -0.746. The van der Waals surface area contributed by atoms with E-state index in [9.17, 15) is 5.11 Å². The van der Waals surface area contributed by atoms with Crippen LogP contribution < -0.4 is 5.32 Å². The maximum atomic E-state index is 10.9. The summed E-state index contributed by atoms with van der Waals surface area (Å²) in [6.45, 7) is 2.74. The number of hydrogen-bond acceptors (Lipinski definition) is 1. The molecule has 3 N–H and O–H groups in total. The molecule has 5 rings (SSSR count). The summed E-state index contributed by atoms with van der Waals surface area (Å²) in [5.74, 6) is 2.92. The molecular weight excluding hydrogens is 338 g/mol. The average molecular weight is 365 g/mol. The smallest absolute Gasteiger partial charge is 0.135 e. The van der Waals surface area contributed by atoms with Gasteiger partial charge >= 0.3 is 0 Å². The number of hydrogen-bond donors (Lipinski definition) is 2. The van der Waals surface area contributed by atoms with Crippen LogP contribution in [0.4, 0.5) is 0 Å². The Morgan fingerprint density at radius 2 is 1.59 bits per heavy atom. The van der Waals surface area contributed by atoms with Gasteiger partial charge in [0.15, 0.2) is 0 Å². The molecule has 4 saturated carbocycles. The van der Waals surface area contributed by atoms with Crippen LogP contribution in [0.15, 0.2) is 28.7 Å². The van der Waals surface area contributed by atoms with Crippen LogP contribution in [0, 0.1) is 17.8 Å². The Morgan fingerprint density at radius 3 is 2.09 bits per heavy atom. The normalized spacial score (nSPS) is 39.0. The summed E-state index contributed by atoms with van der Waals surface area (Å²) in [5, 5.41) is 13.4. The molecular formula is C19H27BrNO+. The monoisotopic (exact) mass is 364 g/mol. The van der Waals surface area contributed by atoms with Gasteiger partial charge in [0.25, 0.3) is 0 Å². The van der Waals surface area contributed by atoms with Crippen molar-refractivity contribution >= 4 is 15.9 Å². The molecule has 120 valence electrons. The molecule has 0 spiro atoms. The van der Waals surface area contributed by atoms with E-state index in [1.165, 1.54) is 38.5 Å². The van der Waals surface area contributed by atoms with Gasteiger partial charge in [-0.2, -0.15) is 0 Å². The lowest BCUT2D eigenvalue weighted by Gasteiger charge is -2.55. The predicted molar refractivity (Wildman–Crippen MR) is 91.4 cm³/mol. The molecule has 1 atom stereocenters. The van der Waals surface area contributed by atoms with Crippen molar-refractivity contribution in [3.63, 3.8) is 0 Å². The van der Waals surface area contributed by atoms with Gasteiger partial charge in [0.1, 0.15) is 12.1 Å². The molecule has 4 fully saturated rings. The van der Waals surface area contributed by atoms with E-state index in [0.29, 0.717) is 5.54 Å². The van der Waals surface area contributed by atoms with Gasteiger partial charge in [-0.15, -0.1) is 0 Å². The Morgan fingerprint density at radius 1 is 1.09 bits per heavy atom. The lowest BCUT2D eigenvalue weighted by atomic mass is 9.53. The quantitative estimate of drug-likeness (QED) is 0.845. The fourth-order valence-corrected chi connectivity index (χ4v) is 6.03. The molecule has 0 amide bonds. The summed E-state index contributed by atoms with van der Waals surface area (Å²) in [7, 11) is 0. The van der Waals surface area contributed by atoms with Crippen LogP contribution in [0.2, 0.25) is 0 Å². The Hall–Kier alpha value is -0.380. The molecule has 22 heavy (non-hydrogen) atoms. The van der Waals surface area contributed by atoms with Gasteiger partial charge in [-0.3, -0.25) is 0 Å². The molecule has 3 heteroatoms. The Balaban J connectivity index is 1.46. The Labute approximate surface area is 141 Å². The fraction of sp³-hybridized carbons (Fsp3) is 0.684. The average Bonchev–Trinajstić information content (AvgIpc) is 2.45. The van der Waals surface area contributed by atoms with Crippen molar-refractivity contribution in [2.24, 2.45) is 17.8 Å². The third-order valence-corrected chi connectivity index (χ3v) is 7.01. The van der Waals surface area contributed by atoms with Crippen LogP contribution in [-0.4, -0.2) is 17.2 Å². The van der Waals surface area contributed by atoms with Gasteiger partial charge in [-0.25, -0.2) is 0 Å². The van der Waals surface area contributed by atoms with E-state index in [2.05, 4.69) is 21.2 Å².